The van der Waals surface area contributed by atoms with Crippen LogP contribution in [-0.4, -0.2) is 10.2 Å². The van der Waals surface area contributed by atoms with E-state index in [-0.39, 0.29) is 0 Å². The van der Waals surface area contributed by atoms with E-state index < -0.39 is 0 Å². The first-order valence-corrected chi connectivity index (χ1v) is 5.98. The number of thiophene rings is 1. The van der Waals surface area contributed by atoms with Crippen LogP contribution in [0, 0.1) is 0 Å². The quantitative estimate of drug-likeness (QED) is 0.481. The van der Waals surface area contributed by atoms with E-state index in [1.165, 1.54) is 25.6 Å². The molecule has 0 aliphatic heterocycles. The lowest BCUT2D eigenvalue weighted by Crippen LogP contribution is -1.69. The first kappa shape index (κ1) is 8.30. The summed E-state index contributed by atoms with van der Waals surface area (Å²) in [5.74, 6) is 0. The van der Waals surface area contributed by atoms with Crippen molar-refractivity contribution in [2.45, 2.75) is 0 Å². The van der Waals surface area contributed by atoms with Gasteiger partial charge in [0.2, 0.25) is 0 Å². The van der Waals surface area contributed by atoms with Crippen LogP contribution in [0.3, 0.4) is 0 Å². The molecule has 1 N–H and O–H groups in total. The summed E-state index contributed by atoms with van der Waals surface area (Å²) in [6, 6.07) is 12.8. The molecule has 0 bridgehead atoms. The number of nitrogens with one attached hydrogen (secondary N) is 1. The summed E-state index contributed by atoms with van der Waals surface area (Å²) in [6.45, 7) is 0. The third-order valence-corrected chi connectivity index (χ3v) is 4.16. The highest BCUT2D eigenvalue weighted by molar-refractivity contribution is 7.26. The summed E-state index contributed by atoms with van der Waals surface area (Å²) in [4.78, 5) is 0. The monoisotopic (exact) mass is 224 g/mol. The maximum atomic E-state index is 4.10. The Labute approximate surface area is 95.5 Å². The Hall–Kier alpha value is -1.87. The molecule has 0 radical (unpaired) electrons. The molecular formula is C13H8N2S. The van der Waals surface area contributed by atoms with Crippen LogP contribution in [0.15, 0.2) is 42.6 Å². The molecule has 0 fully saturated rings. The van der Waals surface area contributed by atoms with Crippen molar-refractivity contribution in [3.05, 3.63) is 42.6 Å². The molecule has 0 aliphatic carbocycles. The molecule has 76 valence electrons. The van der Waals surface area contributed by atoms with Gasteiger partial charge in [0.1, 0.15) is 0 Å². The minimum absolute atomic E-state index is 1.15. The van der Waals surface area contributed by atoms with Crippen molar-refractivity contribution in [1.82, 2.24) is 10.2 Å². The van der Waals surface area contributed by atoms with Gasteiger partial charge in [-0.15, -0.1) is 11.3 Å². The van der Waals surface area contributed by atoms with Gasteiger partial charge in [-0.05, 0) is 6.07 Å². The molecule has 0 saturated heterocycles. The molecule has 2 aromatic heterocycles. The highest BCUT2D eigenvalue weighted by Crippen LogP contribution is 2.37. The van der Waals surface area contributed by atoms with E-state index in [4.69, 9.17) is 0 Å². The third kappa shape index (κ3) is 0.933. The van der Waals surface area contributed by atoms with Gasteiger partial charge in [-0.2, -0.15) is 5.10 Å². The topological polar surface area (TPSA) is 28.7 Å². The number of hydrogen-bond acceptors (Lipinski definition) is 2. The molecule has 0 unspecified atom stereocenters. The lowest BCUT2D eigenvalue weighted by atomic mass is 10.1. The zero-order valence-electron chi connectivity index (χ0n) is 8.40. The minimum atomic E-state index is 1.15. The molecule has 0 saturated carbocycles. The molecule has 2 heterocycles. The maximum absolute atomic E-state index is 4.10. The van der Waals surface area contributed by atoms with Crippen molar-refractivity contribution in [2.75, 3.05) is 0 Å². The molecule has 16 heavy (non-hydrogen) atoms. The van der Waals surface area contributed by atoms with Crippen molar-refractivity contribution in [1.29, 1.82) is 0 Å². The van der Waals surface area contributed by atoms with E-state index in [1.807, 2.05) is 17.5 Å². The summed E-state index contributed by atoms with van der Waals surface area (Å²) in [6.07, 6.45) is 1.87. The van der Waals surface area contributed by atoms with Gasteiger partial charge >= 0.3 is 0 Å². The number of fused-ring (bicyclic) bond motifs is 5. The number of hydrogen-bond donors (Lipinski definition) is 1. The zero-order valence-corrected chi connectivity index (χ0v) is 9.21. The summed E-state index contributed by atoms with van der Waals surface area (Å²) in [5, 5.41) is 11.0. The van der Waals surface area contributed by atoms with Gasteiger partial charge < -0.3 is 0 Å². The van der Waals surface area contributed by atoms with Crippen LogP contribution in [0.4, 0.5) is 0 Å². The Morgan fingerprint density at radius 2 is 1.94 bits per heavy atom. The fourth-order valence-corrected chi connectivity index (χ4v) is 3.40. The average Bonchev–Trinajstić information content (AvgIpc) is 2.92. The summed E-state index contributed by atoms with van der Waals surface area (Å²) in [5.41, 5.74) is 1.15. The highest BCUT2D eigenvalue weighted by atomic mass is 32.1. The molecule has 0 amide bonds. The van der Waals surface area contributed by atoms with Crippen molar-refractivity contribution in [2.24, 2.45) is 0 Å². The minimum Gasteiger partial charge on any atom is -0.276 e. The second kappa shape index (κ2) is 2.83. The number of benzene rings is 2. The van der Waals surface area contributed by atoms with Gasteiger partial charge in [-0.25, -0.2) is 0 Å². The largest absolute Gasteiger partial charge is 0.276 e. The van der Waals surface area contributed by atoms with Crippen LogP contribution in [0.5, 0.6) is 0 Å². The van der Waals surface area contributed by atoms with Gasteiger partial charge in [0.25, 0.3) is 0 Å². The van der Waals surface area contributed by atoms with Crippen LogP contribution in [0.1, 0.15) is 0 Å². The first-order chi connectivity index (χ1) is 7.93. The molecule has 4 aromatic rings. The van der Waals surface area contributed by atoms with Gasteiger partial charge in [-0.1, -0.05) is 30.3 Å². The molecule has 2 aromatic carbocycles. The fourth-order valence-electron chi connectivity index (χ4n) is 2.19. The second-order valence-electron chi connectivity index (χ2n) is 3.87. The number of H-pyrrole nitrogens is 1. The Morgan fingerprint density at radius 3 is 2.94 bits per heavy atom. The van der Waals surface area contributed by atoms with Gasteiger partial charge in [-0.3, -0.25) is 5.10 Å². The Bertz CT molecular complexity index is 810. The summed E-state index contributed by atoms with van der Waals surface area (Å²) in [7, 11) is 0. The van der Waals surface area contributed by atoms with Gasteiger partial charge in [0.05, 0.1) is 16.4 Å². The van der Waals surface area contributed by atoms with Crippen LogP contribution in [-0.2, 0) is 0 Å². The van der Waals surface area contributed by atoms with Crippen molar-refractivity contribution in [3.8, 4) is 0 Å². The van der Waals surface area contributed by atoms with E-state index in [1.54, 1.807) is 0 Å². The Morgan fingerprint density at radius 1 is 1.00 bits per heavy atom. The van der Waals surface area contributed by atoms with Crippen LogP contribution < -0.4 is 0 Å². The standard InChI is InChI=1S/C13H8N2S/c1-2-4-11-9(3-1)10-6-5-8-7-14-15-12(8)13(10)16-11/h1-7H,(H,14,15). The van der Waals surface area contributed by atoms with Crippen LogP contribution in [0.25, 0.3) is 31.1 Å². The molecule has 3 heteroatoms. The lowest BCUT2D eigenvalue weighted by Gasteiger charge is -1.91. The number of aromatic amines is 1. The van der Waals surface area contributed by atoms with E-state index >= 15 is 0 Å². The highest BCUT2D eigenvalue weighted by Gasteiger charge is 2.08. The zero-order chi connectivity index (χ0) is 10.5. The van der Waals surface area contributed by atoms with Crippen molar-refractivity contribution < 1.29 is 0 Å². The Kier molecular flexibility index (Phi) is 1.47. The number of rotatable bonds is 0. The van der Waals surface area contributed by atoms with Gasteiger partial charge in [0.15, 0.2) is 0 Å². The smallest absolute Gasteiger partial charge is 0.0828 e. The molecular weight excluding hydrogens is 216 g/mol. The van der Waals surface area contributed by atoms with Gasteiger partial charge in [0, 0.05) is 20.9 Å². The number of nitrogens with zero attached hydrogens (tertiary/aromatic N) is 1. The summed E-state index contributed by atoms with van der Waals surface area (Å²) >= 11 is 1.82. The normalized spacial score (nSPS) is 11.8. The summed E-state index contributed by atoms with van der Waals surface area (Å²) < 4.78 is 2.64. The molecule has 2 nitrogen and oxygen atoms in total. The molecule has 0 atom stereocenters. The Balaban J connectivity index is 2.38. The molecule has 0 aliphatic rings. The first-order valence-electron chi connectivity index (χ1n) is 5.17. The van der Waals surface area contributed by atoms with E-state index in [0.717, 1.165) is 5.52 Å². The molecule has 4 rings (SSSR count). The lowest BCUT2D eigenvalue weighted by molar-refractivity contribution is 1.12. The maximum Gasteiger partial charge on any atom is 0.0828 e. The molecule has 0 spiro atoms. The van der Waals surface area contributed by atoms with E-state index in [2.05, 4.69) is 46.6 Å². The SMILES string of the molecule is c1ccc2c(c1)sc1c2ccc2cn[nH]c21. The van der Waals surface area contributed by atoms with E-state index in [0.29, 0.717) is 0 Å². The fraction of sp³-hybridized carbons (Fsp3) is 0. The van der Waals surface area contributed by atoms with Crippen molar-refractivity contribution >= 4 is 42.4 Å². The van der Waals surface area contributed by atoms with Crippen LogP contribution in [0.2, 0.25) is 0 Å². The second-order valence-corrected chi connectivity index (χ2v) is 4.93. The number of aromatic nitrogens is 2. The van der Waals surface area contributed by atoms with Crippen LogP contribution >= 0.6 is 11.3 Å². The predicted molar refractivity (Wildman–Crippen MR) is 69.0 cm³/mol. The predicted octanol–water partition coefficient (Wildman–Crippen LogP) is 3.93. The average molecular weight is 224 g/mol. The van der Waals surface area contributed by atoms with E-state index in [9.17, 15) is 0 Å². The van der Waals surface area contributed by atoms with Crippen molar-refractivity contribution in [3.63, 3.8) is 0 Å². The third-order valence-electron chi connectivity index (χ3n) is 2.96.